The molecule has 0 aliphatic rings. The summed E-state index contributed by atoms with van der Waals surface area (Å²) in [6.45, 7) is 0. The van der Waals surface area contributed by atoms with Crippen molar-refractivity contribution in [1.82, 2.24) is 0 Å². The SMILES string of the molecule is NN(C(=O)c1c(F)cccc1[N+](=O)[O-])c1ccccc1. The Labute approximate surface area is 113 Å². The number of hydrogen-bond donors (Lipinski definition) is 1. The lowest BCUT2D eigenvalue weighted by molar-refractivity contribution is -0.385. The summed E-state index contributed by atoms with van der Waals surface area (Å²) in [5.74, 6) is 3.63. The molecule has 6 nitrogen and oxygen atoms in total. The van der Waals surface area contributed by atoms with Gasteiger partial charge in [0.05, 0.1) is 10.6 Å². The second-order valence-corrected chi connectivity index (χ2v) is 3.90. The van der Waals surface area contributed by atoms with E-state index in [0.717, 1.165) is 18.2 Å². The van der Waals surface area contributed by atoms with Gasteiger partial charge in [0.1, 0.15) is 5.82 Å². The molecular weight excluding hydrogens is 265 g/mol. The van der Waals surface area contributed by atoms with E-state index in [9.17, 15) is 19.3 Å². The van der Waals surface area contributed by atoms with Gasteiger partial charge in [0.25, 0.3) is 11.6 Å². The topological polar surface area (TPSA) is 89.5 Å². The molecule has 0 saturated carbocycles. The van der Waals surface area contributed by atoms with Gasteiger partial charge in [-0.2, -0.15) is 0 Å². The number of nitro benzene ring substituents is 1. The third kappa shape index (κ3) is 2.47. The van der Waals surface area contributed by atoms with Gasteiger partial charge < -0.3 is 0 Å². The van der Waals surface area contributed by atoms with Crippen molar-refractivity contribution in [3.8, 4) is 0 Å². The Morgan fingerprint density at radius 1 is 1.15 bits per heavy atom. The molecule has 0 bridgehead atoms. The van der Waals surface area contributed by atoms with Gasteiger partial charge in [0.15, 0.2) is 5.56 Å². The second-order valence-electron chi connectivity index (χ2n) is 3.90. The Hall–Kier alpha value is -2.80. The number of nitro groups is 1. The van der Waals surface area contributed by atoms with Gasteiger partial charge >= 0.3 is 0 Å². The molecule has 0 aliphatic carbocycles. The molecule has 0 radical (unpaired) electrons. The average molecular weight is 275 g/mol. The fourth-order valence-corrected chi connectivity index (χ4v) is 1.70. The number of carbonyl (C=O) groups excluding carboxylic acids is 1. The Morgan fingerprint density at radius 2 is 1.80 bits per heavy atom. The summed E-state index contributed by atoms with van der Waals surface area (Å²) in [7, 11) is 0. The minimum atomic E-state index is -0.990. The van der Waals surface area contributed by atoms with Gasteiger partial charge in [-0.25, -0.2) is 15.2 Å². The third-order valence-electron chi connectivity index (χ3n) is 2.66. The Balaban J connectivity index is 2.47. The number of rotatable bonds is 3. The minimum Gasteiger partial charge on any atom is -0.267 e. The zero-order valence-corrected chi connectivity index (χ0v) is 10.2. The van der Waals surface area contributed by atoms with E-state index in [1.165, 1.54) is 12.1 Å². The van der Waals surface area contributed by atoms with E-state index in [2.05, 4.69) is 0 Å². The number of anilines is 1. The van der Waals surface area contributed by atoms with Crippen LogP contribution in [0.3, 0.4) is 0 Å². The summed E-state index contributed by atoms with van der Waals surface area (Å²) in [4.78, 5) is 22.2. The summed E-state index contributed by atoms with van der Waals surface area (Å²) in [5, 5.41) is 11.5. The molecule has 2 aromatic carbocycles. The van der Waals surface area contributed by atoms with E-state index in [-0.39, 0.29) is 0 Å². The number of para-hydroxylation sites is 1. The second kappa shape index (κ2) is 5.45. The maximum Gasteiger partial charge on any atom is 0.285 e. The molecule has 0 unspecified atom stereocenters. The van der Waals surface area contributed by atoms with Crippen LogP contribution >= 0.6 is 0 Å². The van der Waals surface area contributed by atoms with E-state index < -0.39 is 27.9 Å². The first-order chi connectivity index (χ1) is 9.52. The lowest BCUT2D eigenvalue weighted by Crippen LogP contribution is -2.38. The Bertz CT molecular complexity index is 661. The first kappa shape index (κ1) is 13.6. The highest BCUT2D eigenvalue weighted by Crippen LogP contribution is 2.24. The van der Waals surface area contributed by atoms with Crippen molar-refractivity contribution in [3.05, 3.63) is 70.0 Å². The van der Waals surface area contributed by atoms with Crippen molar-refractivity contribution < 1.29 is 14.1 Å². The Morgan fingerprint density at radius 3 is 2.40 bits per heavy atom. The highest BCUT2D eigenvalue weighted by atomic mass is 19.1. The van der Waals surface area contributed by atoms with Gasteiger partial charge in [-0.3, -0.25) is 14.9 Å². The lowest BCUT2D eigenvalue weighted by Gasteiger charge is -2.16. The number of nitrogens with zero attached hydrogens (tertiary/aromatic N) is 2. The van der Waals surface area contributed by atoms with E-state index in [4.69, 9.17) is 5.84 Å². The van der Waals surface area contributed by atoms with Crippen molar-refractivity contribution in [2.45, 2.75) is 0 Å². The van der Waals surface area contributed by atoms with Crippen molar-refractivity contribution >= 4 is 17.3 Å². The standard InChI is InChI=1S/C13H10FN3O3/c14-10-7-4-8-11(17(19)20)12(10)13(18)16(15)9-5-2-1-3-6-9/h1-8H,15H2. The molecule has 7 heteroatoms. The van der Waals surface area contributed by atoms with Crippen molar-refractivity contribution in [2.24, 2.45) is 5.84 Å². The van der Waals surface area contributed by atoms with Gasteiger partial charge in [0, 0.05) is 6.07 Å². The van der Waals surface area contributed by atoms with Crippen LogP contribution in [0, 0.1) is 15.9 Å². The van der Waals surface area contributed by atoms with Crippen molar-refractivity contribution in [2.75, 3.05) is 5.01 Å². The molecule has 0 heterocycles. The highest BCUT2D eigenvalue weighted by Gasteiger charge is 2.27. The van der Waals surface area contributed by atoms with Gasteiger partial charge in [0.2, 0.25) is 0 Å². The molecular formula is C13H10FN3O3. The summed E-state index contributed by atoms with van der Waals surface area (Å²) in [5.41, 5.74) is -0.986. The predicted octanol–water partition coefficient (Wildman–Crippen LogP) is 2.25. The molecule has 0 saturated heterocycles. The molecule has 0 fully saturated rings. The van der Waals surface area contributed by atoms with Crippen molar-refractivity contribution in [3.63, 3.8) is 0 Å². The fraction of sp³-hybridized carbons (Fsp3) is 0. The molecule has 1 amide bonds. The van der Waals surface area contributed by atoms with Crippen LogP contribution in [0.15, 0.2) is 48.5 Å². The largest absolute Gasteiger partial charge is 0.285 e. The van der Waals surface area contributed by atoms with Crippen LogP contribution in [0.1, 0.15) is 10.4 Å². The van der Waals surface area contributed by atoms with Crippen LogP contribution in [-0.4, -0.2) is 10.8 Å². The van der Waals surface area contributed by atoms with Gasteiger partial charge in [-0.05, 0) is 18.2 Å². The van der Waals surface area contributed by atoms with E-state index in [1.54, 1.807) is 18.2 Å². The highest BCUT2D eigenvalue weighted by molar-refractivity contribution is 6.08. The fourth-order valence-electron chi connectivity index (χ4n) is 1.70. The van der Waals surface area contributed by atoms with Gasteiger partial charge in [-0.15, -0.1) is 0 Å². The number of hydrazine groups is 1. The zero-order valence-electron chi connectivity index (χ0n) is 10.2. The minimum absolute atomic E-state index is 0.301. The third-order valence-corrected chi connectivity index (χ3v) is 2.66. The summed E-state index contributed by atoms with van der Waals surface area (Å²) in [6, 6.07) is 11.2. The number of nitrogens with two attached hydrogens (primary N) is 1. The number of carbonyl (C=O) groups is 1. The smallest absolute Gasteiger partial charge is 0.267 e. The van der Waals surface area contributed by atoms with E-state index >= 15 is 0 Å². The van der Waals surface area contributed by atoms with Crippen LogP contribution < -0.4 is 10.9 Å². The van der Waals surface area contributed by atoms with Gasteiger partial charge in [-0.1, -0.05) is 24.3 Å². The van der Waals surface area contributed by atoms with E-state index in [0.29, 0.717) is 10.7 Å². The molecule has 2 N–H and O–H groups in total. The quantitative estimate of drug-likeness (QED) is 0.402. The van der Waals surface area contributed by atoms with Crippen LogP contribution in [0.5, 0.6) is 0 Å². The predicted molar refractivity (Wildman–Crippen MR) is 70.5 cm³/mol. The molecule has 2 aromatic rings. The molecule has 0 atom stereocenters. The van der Waals surface area contributed by atoms with Crippen molar-refractivity contribution in [1.29, 1.82) is 0 Å². The monoisotopic (exact) mass is 275 g/mol. The Kier molecular flexibility index (Phi) is 3.72. The van der Waals surface area contributed by atoms with Crippen LogP contribution in [0.4, 0.5) is 15.8 Å². The lowest BCUT2D eigenvalue weighted by atomic mass is 10.1. The molecule has 0 spiro atoms. The molecule has 2 rings (SSSR count). The summed E-state index contributed by atoms with van der Waals surface area (Å²) < 4.78 is 13.7. The van der Waals surface area contributed by atoms with E-state index in [1.807, 2.05) is 0 Å². The number of benzene rings is 2. The summed E-state index contributed by atoms with van der Waals surface area (Å²) in [6.07, 6.45) is 0. The normalized spacial score (nSPS) is 10.1. The molecule has 20 heavy (non-hydrogen) atoms. The molecule has 102 valence electrons. The van der Waals surface area contributed by atoms with Crippen LogP contribution in [-0.2, 0) is 0 Å². The number of halogens is 1. The van der Waals surface area contributed by atoms with Crippen LogP contribution in [0.2, 0.25) is 0 Å². The zero-order chi connectivity index (χ0) is 14.7. The molecule has 0 aliphatic heterocycles. The summed E-state index contributed by atoms with van der Waals surface area (Å²) >= 11 is 0. The maximum atomic E-state index is 13.7. The first-order valence-corrected chi connectivity index (χ1v) is 5.59. The maximum absolute atomic E-state index is 13.7. The first-order valence-electron chi connectivity index (χ1n) is 5.59. The average Bonchev–Trinajstić information content (AvgIpc) is 2.46. The number of hydrogen-bond acceptors (Lipinski definition) is 4. The number of amides is 1. The van der Waals surface area contributed by atoms with Crippen LogP contribution in [0.25, 0.3) is 0 Å². The molecule has 0 aromatic heterocycles.